The van der Waals surface area contributed by atoms with Crippen LogP contribution in [0.25, 0.3) is 0 Å². The summed E-state index contributed by atoms with van der Waals surface area (Å²) in [6.45, 7) is -0.294. The maximum absolute atomic E-state index is 11.5. The monoisotopic (exact) mass is 260 g/mol. The van der Waals surface area contributed by atoms with Gasteiger partial charge in [-0.2, -0.15) is 0 Å². The Morgan fingerprint density at radius 3 is 2.59 bits per heavy atom. The van der Waals surface area contributed by atoms with Gasteiger partial charge < -0.3 is 15.3 Å². The SMILES string of the molecule is O=c1ccn([C@@H]2S[C@@H](CO)[C@@H](O)[C@H]2O)c(=O)[nH]1. The van der Waals surface area contributed by atoms with Gasteiger partial charge in [-0.25, -0.2) is 4.79 Å². The van der Waals surface area contributed by atoms with E-state index >= 15 is 0 Å². The smallest absolute Gasteiger partial charge is 0.329 e. The molecule has 8 heteroatoms. The lowest BCUT2D eigenvalue weighted by molar-refractivity contribution is 0.0101. The van der Waals surface area contributed by atoms with Crippen molar-refractivity contribution < 1.29 is 15.3 Å². The van der Waals surface area contributed by atoms with Crippen LogP contribution >= 0.6 is 11.8 Å². The number of nitrogens with one attached hydrogen (secondary N) is 1. The molecule has 0 bridgehead atoms. The molecule has 94 valence electrons. The summed E-state index contributed by atoms with van der Waals surface area (Å²) in [5, 5.41) is 27.1. The van der Waals surface area contributed by atoms with Gasteiger partial charge in [-0.05, 0) is 0 Å². The molecule has 1 fully saturated rings. The summed E-state index contributed by atoms with van der Waals surface area (Å²) < 4.78 is 1.13. The molecule has 0 aromatic carbocycles. The van der Waals surface area contributed by atoms with Gasteiger partial charge in [0.25, 0.3) is 5.56 Å². The number of H-pyrrole nitrogens is 1. The summed E-state index contributed by atoms with van der Waals surface area (Å²) in [5.41, 5.74) is -1.18. The summed E-state index contributed by atoms with van der Waals surface area (Å²) in [7, 11) is 0. The fraction of sp³-hybridized carbons (Fsp3) is 0.556. The van der Waals surface area contributed by atoms with Crippen molar-refractivity contribution in [3.63, 3.8) is 0 Å². The van der Waals surface area contributed by atoms with Crippen LogP contribution in [-0.4, -0.2) is 48.9 Å². The molecule has 0 amide bonds. The van der Waals surface area contributed by atoms with Gasteiger partial charge in [-0.3, -0.25) is 14.3 Å². The third-order valence-corrected chi connectivity index (χ3v) is 4.20. The maximum Gasteiger partial charge on any atom is 0.329 e. The summed E-state index contributed by atoms with van der Waals surface area (Å²) in [6, 6.07) is 1.16. The number of thioether (sulfide) groups is 1. The van der Waals surface area contributed by atoms with E-state index in [-0.39, 0.29) is 6.61 Å². The molecule has 2 rings (SSSR count). The van der Waals surface area contributed by atoms with Crippen LogP contribution in [0.2, 0.25) is 0 Å². The lowest BCUT2D eigenvalue weighted by Crippen LogP contribution is -2.37. The number of rotatable bonds is 2. The van der Waals surface area contributed by atoms with Crippen molar-refractivity contribution in [1.29, 1.82) is 0 Å². The summed E-state index contributed by atoms with van der Waals surface area (Å²) in [5.74, 6) is 0. The van der Waals surface area contributed by atoms with Crippen LogP contribution in [0.3, 0.4) is 0 Å². The molecule has 1 saturated heterocycles. The normalized spacial score (nSPS) is 32.9. The maximum atomic E-state index is 11.5. The highest BCUT2D eigenvalue weighted by molar-refractivity contribution is 8.00. The van der Waals surface area contributed by atoms with Gasteiger partial charge in [0.2, 0.25) is 0 Å². The minimum Gasteiger partial charge on any atom is -0.395 e. The van der Waals surface area contributed by atoms with Gasteiger partial charge in [0.15, 0.2) is 0 Å². The number of nitrogens with zero attached hydrogens (tertiary/aromatic N) is 1. The van der Waals surface area contributed by atoms with Crippen molar-refractivity contribution in [2.75, 3.05) is 6.61 Å². The Morgan fingerprint density at radius 2 is 2.06 bits per heavy atom. The van der Waals surface area contributed by atoms with Gasteiger partial charge in [-0.1, -0.05) is 0 Å². The van der Waals surface area contributed by atoms with E-state index in [0.717, 1.165) is 22.4 Å². The molecule has 0 spiro atoms. The molecule has 1 aromatic heterocycles. The zero-order valence-electron chi connectivity index (χ0n) is 8.68. The van der Waals surface area contributed by atoms with Gasteiger partial charge >= 0.3 is 5.69 Å². The van der Waals surface area contributed by atoms with Crippen LogP contribution in [0.4, 0.5) is 0 Å². The van der Waals surface area contributed by atoms with Crippen LogP contribution in [0.5, 0.6) is 0 Å². The standard InChI is InChI=1S/C9H12N2O5S/c12-3-4-6(14)7(15)8(17-4)11-2-1-5(13)10-9(11)16/h1-2,4,6-8,12,14-15H,3H2,(H,10,13,16)/t4-,6+,7+,8+/m0/s1. The predicted molar refractivity (Wildman–Crippen MR) is 60.8 cm³/mol. The van der Waals surface area contributed by atoms with Crippen LogP contribution in [0, 0.1) is 0 Å². The molecular formula is C9H12N2O5S. The zero-order chi connectivity index (χ0) is 12.6. The van der Waals surface area contributed by atoms with Crippen molar-refractivity contribution in [3.05, 3.63) is 33.1 Å². The van der Waals surface area contributed by atoms with Crippen LogP contribution < -0.4 is 11.2 Å². The van der Waals surface area contributed by atoms with E-state index in [9.17, 15) is 19.8 Å². The second-order valence-electron chi connectivity index (χ2n) is 3.75. The Balaban J connectivity index is 2.35. The first-order valence-electron chi connectivity index (χ1n) is 4.98. The predicted octanol–water partition coefficient (Wildman–Crippen LogP) is -2.14. The topological polar surface area (TPSA) is 116 Å². The molecule has 1 aliphatic rings. The molecule has 7 nitrogen and oxygen atoms in total. The second kappa shape index (κ2) is 4.65. The van der Waals surface area contributed by atoms with E-state index in [1.54, 1.807) is 0 Å². The third kappa shape index (κ3) is 2.16. The minimum atomic E-state index is -1.17. The summed E-state index contributed by atoms with van der Waals surface area (Å²) in [6.07, 6.45) is -1.01. The Hall–Kier alpha value is -1.09. The van der Waals surface area contributed by atoms with Gasteiger partial charge in [0, 0.05) is 12.3 Å². The van der Waals surface area contributed by atoms with Crippen LogP contribution in [0.15, 0.2) is 21.9 Å². The molecular weight excluding hydrogens is 248 g/mol. The van der Waals surface area contributed by atoms with Gasteiger partial charge in [0.1, 0.15) is 11.5 Å². The van der Waals surface area contributed by atoms with Crippen molar-refractivity contribution in [3.8, 4) is 0 Å². The van der Waals surface area contributed by atoms with Gasteiger partial charge in [0.05, 0.1) is 18.0 Å². The van der Waals surface area contributed by atoms with Crippen LogP contribution in [0.1, 0.15) is 5.37 Å². The minimum absolute atomic E-state index is 0.294. The molecule has 1 aromatic rings. The molecule has 4 atom stereocenters. The Morgan fingerprint density at radius 1 is 1.35 bits per heavy atom. The molecule has 0 radical (unpaired) electrons. The van der Waals surface area contributed by atoms with E-state index in [0.29, 0.717) is 0 Å². The Bertz CT molecular complexity index is 513. The number of aliphatic hydroxyl groups is 3. The highest BCUT2D eigenvalue weighted by atomic mass is 32.2. The lowest BCUT2D eigenvalue weighted by Gasteiger charge is -2.17. The lowest BCUT2D eigenvalue weighted by atomic mass is 10.1. The highest BCUT2D eigenvalue weighted by Gasteiger charge is 2.43. The molecule has 2 heterocycles. The zero-order valence-corrected chi connectivity index (χ0v) is 9.50. The van der Waals surface area contributed by atoms with Crippen molar-refractivity contribution in [2.24, 2.45) is 0 Å². The highest BCUT2D eigenvalue weighted by Crippen LogP contribution is 2.40. The Labute approximate surface area is 99.7 Å². The first-order chi connectivity index (χ1) is 8.04. The van der Waals surface area contributed by atoms with Crippen molar-refractivity contribution >= 4 is 11.8 Å². The van der Waals surface area contributed by atoms with E-state index in [1.165, 1.54) is 6.20 Å². The van der Waals surface area contributed by atoms with Crippen molar-refractivity contribution in [1.82, 2.24) is 9.55 Å². The Kier molecular flexibility index (Phi) is 3.38. The first-order valence-corrected chi connectivity index (χ1v) is 5.93. The molecule has 17 heavy (non-hydrogen) atoms. The first kappa shape index (κ1) is 12.4. The second-order valence-corrected chi connectivity index (χ2v) is 5.11. The fourth-order valence-corrected chi connectivity index (χ4v) is 3.12. The number of aliphatic hydroxyl groups excluding tert-OH is 3. The molecule has 4 N–H and O–H groups in total. The van der Waals surface area contributed by atoms with E-state index < -0.39 is 34.1 Å². The number of aromatic amines is 1. The molecule has 0 saturated carbocycles. The average Bonchev–Trinajstić information content (AvgIpc) is 2.57. The number of hydrogen-bond donors (Lipinski definition) is 4. The van der Waals surface area contributed by atoms with Gasteiger partial charge in [-0.15, -0.1) is 11.8 Å². The molecule has 0 aliphatic carbocycles. The number of hydrogen-bond acceptors (Lipinski definition) is 6. The third-order valence-electron chi connectivity index (χ3n) is 2.64. The van der Waals surface area contributed by atoms with Crippen molar-refractivity contribution in [2.45, 2.75) is 22.8 Å². The number of aromatic nitrogens is 2. The quantitative estimate of drug-likeness (QED) is 0.482. The summed E-state index contributed by atoms with van der Waals surface area (Å²) >= 11 is 1.09. The molecule has 0 unspecified atom stereocenters. The van der Waals surface area contributed by atoms with E-state index in [4.69, 9.17) is 5.11 Å². The largest absolute Gasteiger partial charge is 0.395 e. The van der Waals surface area contributed by atoms with E-state index in [2.05, 4.69) is 4.98 Å². The van der Waals surface area contributed by atoms with E-state index in [1.807, 2.05) is 0 Å². The van der Waals surface area contributed by atoms with Crippen LogP contribution in [-0.2, 0) is 0 Å². The molecule has 1 aliphatic heterocycles. The summed E-state index contributed by atoms with van der Waals surface area (Å²) in [4.78, 5) is 24.5. The fourth-order valence-electron chi connectivity index (χ4n) is 1.74. The average molecular weight is 260 g/mol.